The fourth-order valence-corrected chi connectivity index (χ4v) is 7.15. The van der Waals surface area contributed by atoms with E-state index in [9.17, 15) is 17.6 Å². The quantitative estimate of drug-likeness (QED) is 0.0933. The van der Waals surface area contributed by atoms with Crippen molar-refractivity contribution in [3.05, 3.63) is 141 Å². The van der Waals surface area contributed by atoms with Crippen LogP contribution in [-0.2, 0) is 13.2 Å². The Kier molecular flexibility index (Phi) is 20.9. The van der Waals surface area contributed by atoms with Crippen LogP contribution in [0.1, 0.15) is 109 Å². The maximum absolute atomic E-state index is 14.1. The first-order valence-electron chi connectivity index (χ1n) is 21.3. The molecule has 0 radical (unpaired) electrons. The van der Waals surface area contributed by atoms with Crippen LogP contribution in [0, 0.1) is 59.3 Å². The third kappa shape index (κ3) is 16.0. The lowest BCUT2D eigenvalue weighted by Crippen LogP contribution is -2.04. The summed E-state index contributed by atoms with van der Waals surface area (Å²) < 4.78 is 77.1. The van der Waals surface area contributed by atoms with Gasteiger partial charge in [-0.15, -0.1) is 6.42 Å². The number of halogens is 5. The molecule has 9 heteroatoms. The van der Waals surface area contributed by atoms with Gasteiger partial charge in [0.1, 0.15) is 13.2 Å². The van der Waals surface area contributed by atoms with Crippen molar-refractivity contribution in [1.82, 2.24) is 0 Å². The number of benzene rings is 4. The Bertz CT molecular complexity index is 2150. The Hall–Kier alpha value is -5.12. The van der Waals surface area contributed by atoms with Gasteiger partial charge in [-0.05, 0) is 135 Å². The van der Waals surface area contributed by atoms with Gasteiger partial charge in [0.2, 0.25) is 23.3 Å². The topological polar surface area (TPSA) is 36.9 Å². The fourth-order valence-electron chi connectivity index (χ4n) is 6.89. The van der Waals surface area contributed by atoms with E-state index in [1.807, 2.05) is 48.5 Å². The van der Waals surface area contributed by atoms with Gasteiger partial charge >= 0.3 is 0 Å². The van der Waals surface area contributed by atoms with E-state index < -0.39 is 23.3 Å². The van der Waals surface area contributed by atoms with Crippen molar-refractivity contribution < 1.29 is 36.5 Å². The zero-order valence-electron chi connectivity index (χ0n) is 35.7. The molecule has 0 spiro atoms. The summed E-state index contributed by atoms with van der Waals surface area (Å²) >= 11 is 3.32. The number of allylic oxidation sites excluding steroid dienone is 4. The standard InChI is InChI=1S/C26H28F2O2.C15H13BrF2O2.C11H16/c1-3-5-19-6-8-20(9-7-19)10-11-21-12-14-22(15-13-21)18-30-24-17-16-23(29-4-2)25(27)26(24)28;1-2-19-12-7-8-13(15(18)14(12)17)20-9-10-3-5-11(16)6-4-10;1-3-5-11-8-6-10(4-2)7-9-11/h8,12-17,19H,3-7,9,18H2,1-2H3;3-8H,2,9H2,1H3;2,6,11H,3,5,7-9H2,1H3. The summed E-state index contributed by atoms with van der Waals surface area (Å²) in [5.74, 6) is 6.34. The highest BCUT2D eigenvalue weighted by molar-refractivity contribution is 9.10. The molecular weight excluding hydrogens is 844 g/mol. The first-order chi connectivity index (χ1) is 29.6. The zero-order valence-corrected chi connectivity index (χ0v) is 37.3. The molecule has 2 aliphatic rings. The molecule has 0 aliphatic heterocycles. The van der Waals surface area contributed by atoms with Crippen LogP contribution < -0.4 is 18.9 Å². The highest BCUT2D eigenvalue weighted by Gasteiger charge is 2.17. The van der Waals surface area contributed by atoms with Gasteiger partial charge in [0.25, 0.3) is 0 Å². The molecule has 0 heterocycles. The van der Waals surface area contributed by atoms with Crippen LogP contribution in [0.15, 0.2) is 101 Å². The van der Waals surface area contributed by atoms with E-state index in [4.69, 9.17) is 25.4 Å². The van der Waals surface area contributed by atoms with Crippen molar-refractivity contribution in [2.75, 3.05) is 13.2 Å². The number of terminal acetylenes is 1. The Morgan fingerprint density at radius 3 is 1.34 bits per heavy atom. The summed E-state index contributed by atoms with van der Waals surface area (Å²) in [5.41, 5.74) is 5.09. The largest absolute Gasteiger partial charge is 0.491 e. The lowest BCUT2D eigenvalue weighted by molar-refractivity contribution is 0.274. The third-order valence-electron chi connectivity index (χ3n) is 10.3. The van der Waals surface area contributed by atoms with Crippen LogP contribution in [0.3, 0.4) is 0 Å². The van der Waals surface area contributed by atoms with E-state index in [0.717, 1.165) is 52.3 Å². The molecule has 61 heavy (non-hydrogen) atoms. The van der Waals surface area contributed by atoms with Crippen molar-refractivity contribution in [2.24, 2.45) is 11.8 Å². The molecule has 0 fully saturated rings. The van der Waals surface area contributed by atoms with E-state index in [2.05, 4.69) is 59.7 Å². The fraction of sp³-hybridized carbons (Fsp3) is 0.385. The van der Waals surface area contributed by atoms with Gasteiger partial charge < -0.3 is 18.9 Å². The lowest BCUT2D eigenvalue weighted by Gasteiger charge is -2.18. The molecule has 6 rings (SSSR count). The van der Waals surface area contributed by atoms with E-state index in [0.29, 0.717) is 0 Å². The van der Waals surface area contributed by atoms with Gasteiger partial charge in [-0.2, -0.15) is 17.6 Å². The highest BCUT2D eigenvalue weighted by atomic mass is 79.9. The maximum Gasteiger partial charge on any atom is 0.204 e. The summed E-state index contributed by atoms with van der Waals surface area (Å²) in [7, 11) is 0. The van der Waals surface area contributed by atoms with Crippen molar-refractivity contribution in [2.45, 2.75) is 105 Å². The number of hydrogen-bond acceptors (Lipinski definition) is 4. The van der Waals surface area contributed by atoms with Crippen molar-refractivity contribution in [3.63, 3.8) is 0 Å². The average Bonchev–Trinajstić information content (AvgIpc) is 3.28. The Labute approximate surface area is 368 Å². The molecule has 0 saturated carbocycles. The molecular formula is C52H57BrF4O4. The van der Waals surface area contributed by atoms with Gasteiger partial charge in [0.15, 0.2) is 23.0 Å². The van der Waals surface area contributed by atoms with Gasteiger partial charge in [0.05, 0.1) is 13.2 Å². The van der Waals surface area contributed by atoms with Gasteiger partial charge in [0, 0.05) is 10.0 Å². The lowest BCUT2D eigenvalue weighted by atomic mass is 9.87. The normalized spacial score (nSPS) is 15.5. The molecule has 4 aromatic carbocycles. The van der Waals surface area contributed by atoms with Crippen molar-refractivity contribution >= 4 is 15.9 Å². The predicted molar refractivity (Wildman–Crippen MR) is 241 cm³/mol. The second kappa shape index (κ2) is 26.3. The van der Waals surface area contributed by atoms with E-state index in [1.165, 1.54) is 80.4 Å². The van der Waals surface area contributed by atoms with Crippen LogP contribution in [0.2, 0.25) is 0 Å². The molecule has 0 bridgehead atoms. The molecule has 0 aromatic heterocycles. The molecule has 2 atom stereocenters. The zero-order chi connectivity index (χ0) is 44.0. The van der Waals surface area contributed by atoms with Gasteiger partial charge in [-0.1, -0.05) is 110 Å². The first-order valence-corrected chi connectivity index (χ1v) is 22.0. The van der Waals surface area contributed by atoms with Crippen LogP contribution in [-0.4, -0.2) is 13.2 Å². The molecule has 2 unspecified atom stereocenters. The summed E-state index contributed by atoms with van der Waals surface area (Å²) in [6.45, 7) is 8.75. The molecule has 2 aliphatic carbocycles. The van der Waals surface area contributed by atoms with Gasteiger partial charge in [-0.3, -0.25) is 0 Å². The van der Waals surface area contributed by atoms with Gasteiger partial charge in [-0.25, -0.2) is 0 Å². The maximum atomic E-state index is 14.1. The Morgan fingerprint density at radius 2 is 0.967 bits per heavy atom. The molecule has 324 valence electrons. The van der Waals surface area contributed by atoms with Crippen LogP contribution >= 0.6 is 15.9 Å². The smallest absolute Gasteiger partial charge is 0.204 e. The summed E-state index contributed by atoms with van der Waals surface area (Å²) in [4.78, 5) is 0. The number of hydrogen-bond donors (Lipinski definition) is 0. The molecule has 0 amide bonds. The van der Waals surface area contributed by atoms with Crippen LogP contribution in [0.5, 0.6) is 23.0 Å². The van der Waals surface area contributed by atoms with E-state index >= 15 is 0 Å². The molecule has 4 aromatic rings. The predicted octanol–water partition coefficient (Wildman–Crippen LogP) is 14.7. The number of rotatable bonds is 14. The minimum Gasteiger partial charge on any atom is -0.491 e. The summed E-state index contributed by atoms with van der Waals surface area (Å²) in [6, 6.07) is 20.5. The summed E-state index contributed by atoms with van der Waals surface area (Å²) in [6.07, 6.45) is 22.1. The average molecular weight is 902 g/mol. The monoisotopic (exact) mass is 900 g/mol. The van der Waals surface area contributed by atoms with Crippen molar-refractivity contribution in [3.8, 4) is 47.2 Å². The number of ether oxygens (including phenoxy) is 4. The first kappa shape index (κ1) is 48.5. The van der Waals surface area contributed by atoms with Crippen LogP contribution in [0.4, 0.5) is 17.6 Å². The Balaban J connectivity index is 0.000000226. The second-order valence-electron chi connectivity index (χ2n) is 14.9. The minimum absolute atomic E-state index is 0.110. The van der Waals surface area contributed by atoms with Crippen molar-refractivity contribution in [1.29, 1.82) is 0 Å². The Morgan fingerprint density at radius 1 is 0.557 bits per heavy atom. The minimum atomic E-state index is -1.04. The highest BCUT2D eigenvalue weighted by Crippen LogP contribution is 2.31. The third-order valence-corrected chi connectivity index (χ3v) is 10.8. The molecule has 4 nitrogen and oxygen atoms in total. The van der Waals surface area contributed by atoms with E-state index in [1.54, 1.807) is 13.8 Å². The van der Waals surface area contributed by atoms with Crippen LogP contribution in [0.25, 0.3) is 0 Å². The summed E-state index contributed by atoms with van der Waals surface area (Å²) in [5, 5.41) is 0. The second-order valence-corrected chi connectivity index (χ2v) is 15.8. The van der Waals surface area contributed by atoms with E-state index in [-0.39, 0.29) is 49.4 Å². The SMILES string of the molecule is C#CC1=CCC(CCC)CC1.CCCC1CC=C(C#Cc2ccc(COc3ccc(OCC)c(F)c3F)cc2)CC1.CCOc1ccc(OCc2ccc(Br)cc2)c(F)c1F. The molecule has 0 saturated heterocycles. The molecule has 0 N–H and O–H groups in total.